The molecule has 0 amide bonds. The van der Waals surface area contributed by atoms with Crippen LogP contribution >= 0.6 is 11.3 Å². The van der Waals surface area contributed by atoms with Crippen molar-refractivity contribution >= 4 is 27.5 Å². The van der Waals surface area contributed by atoms with E-state index < -0.39 is 5.97 Å². The Morgan fingerprint density at radius 2 is 2.05 bits per heavy atom. The van der Waals surface area contributed by atoms with Crippen LogP contribution in [-0.4, -0.2) is 18.1 Å². The Labute approximate surface area is 131 Å². The molecule has 0 atom stereocenters. The smallest absolute Gasteiger partial charge is 0.335 e. The summed E-state index contributed by atoms with van der Waals surface area (Å²) >= 11 is 1.60. The molecule has 1 heterocycles. The van der Waals surface area contributed by atoms with Crippen molar-refractivity contribution in [1.82, 2.24) is 4.98 Å². The van der Waals surface area contributed by atoms with Crippen molar-refractivity contribution in [1.29, 1.82) is 0 Å². The Hall–Kier alpha value is -2.66. The maximum absolute atomic E-state index is 11.3. The molecular formula is C17H13NO3S. The summed E-state index contributed by atoms with van der Waals surface area (Å²) in [6.07, 6.45) is 1.11. The van der Waals surface area contributed by atoms with E-state index in [9.17, 15) is 4.79 Å². The van der Waals surface area contributed by atoms with Gasteiger partial charge in [-0.05, 0) is 30.3 Å². The Balaban J connectivity index is 2.00. The van der Waals surface area contributed by atoms with Gasteiger partial charge in [-0.25, -0.2) is 9.78 Å². The van der Waals surface area contributed by atoms with E-state index in [0.717, 1.165) is 26.9 Å². The van der Waals surface area contributed by atoms with Crippen LogP contribution in [0.3, 0.4) is 0 Å². The van der Waals surface area contributed by atoms with Gasteiger partial charge in [0.25, 0.3) is 0 Å². The minimum atomic E-state index is -0.522. The number of para-hydroxylation sites is 1. The number of carbonyl (C=O) groups excluding carboxylic acids is 1. The first-order valence-electron chi connectivity index (χ1n) is 6.59. The zero-order chi connectivity index (χ0) is 15.5. The first kappa shape index (κ1) is 14.3. The maximum atomic E-state index is 11.3. The monoisotopic (exact) mass is 311 g/mol. The summed E-state index contributed by atoms with van der Waals surface area (Å²) in [5.41, 5.74) is 1.88. The fourth-order valence-electron chi connectivity index (χ4n) is 2.03. The number of esters is 1. The van der Waals surface area contributed by atoms with E-state index in [0.29, 0.717) is 11.5 Å². The predicted octanol–water partition coefficient (Wildman–Crippen LogP) is 4.06. The quantitative estimate of drug-likeness (QED) is 0.414. The van der Waals surface area contributed by atoms with Crippen LogP contribution in [-0.2, 0) is 4.79 Å². The highest BCUT2D eigenvalue weighted by Crippen LogP contribution is 2.36. The molecule has 22 heavy (non-hydrogen) atoms. The van der Waals surface area contributed by atoms with Crippen molar-refractivity contribution in [2.24, 2.45) is 0 Å². The third-order valence-corrected chi connectivity index (χ3v) is 4.17. The van der Waals surface area contributed by atoms with Crippen molar-refractivity contribution in [3.8, 4) is 22.1 Å². The summed E-state index contributed by atoms with van der Waals surface area (Å²) in [6, 6.07) is 13.3. The molecule has 0 aliphatic rings. The van der Waals surface area contributed by atoms with Gasteiger partial charge in [-0.15, -0.1) is 11.3 Å². The Kier molecular flexibility index (Phi) is 3.89. The van der Waals surface area contributed by atoms with Crippen molar-refractivity contribution in [2.75, 3.05) is 7.11 Å². The molecule has 110 valence electrons. The molecule has 0 aliphatic heterocycles. The number of nitrogens with zero attached hydrogens (tertiary/aromatic N) is 1. The van der Waals surface area contributed by atoms with Crippen LogP contribution < -0.4 is 9.47 Å². The molecule has 3 aromatic rings. The number of hydrogen-bond acceptors (Lipinski definition) is 5. The summed E-state index contributed by atoms with van der Waals surface area (Å²) in [7, 11) is 1.53. The SMILES string of the molecule is C=CC(=O)Oc1ccc(-c2nc3ccccc3s2)cc1OC. The Morgan fingerprint density at radius 3 is 2.77 bits per heavy atom. The van der Waals surface area contributed by atoms with Gasteiger partial charge < -0.3 is 9.47 Å². The number of benzene rings is 2. The molecule has 0 aliphatic carbocycles. The van der Waals surface area contributed by atoms with Crippen molar-refractivity contribution in [2.45, 2.75) is 0 Å². The van der Waals surface area contributed by atoms with Gasteiger partial charge in [-0.1, -0.05) is 18.7 Å². The molecule has 2 aromatic carbocycles. The lowest BCUT2D eigenvalue weighted by Crippen LogP contribution is -2.04. The molecule has 0 saturated carbocycles. The van der Waals surface area contributed by atoms with Crippen LogP contribution in [0.25, 0.3) is 20.8 Å². The van der Waals surface area contributed by atoms with Gasteiger partial charge in [-0.3, -0.25) is 0 Å². The molecule has 0 fully saturated rings. The van der Waals surface area contributed by atoms with Crippen molar-refractivity contribution < 1.29 is 14.3 Å². The maximum Gasteiger partial charge on any atom is 0.335 e. The fourth-order valence-corrected chi connectivity index (χ4v) is 2.99. The van der Waals surface area contributed by atoms with Gasteiger partial charge in [0, 0.05) is 11.6 Å². The average Bonchev–Trinajstić information content (AvgIpc) is 2.99. The number of methoxy groups -OCH3 is 1. The van der Waals surface area contributed by atoms with Crippen LogP contribution in [0.2, 0.25) is 0 Å². The second kappa shape index (κ2) is 5.99. The first-order chi connectivity index (χ1) is 10.7. The van der Waals surface area contributed by atoms with Gasteiger partial charge in [0.1, 0.15) is 5.01 Å². The number of thiazole rings is 1. The predicted molar refractivity (Wildman–Crippen MR) is 87.4 cm³/mol. The van der Waals surface area contributed by atoms with Gasteiger partial charge in [0.05, 0.1) is 17.3 Å². The molecule has 5 heteroatoms. The lowest BCUT2D eigenvalue weighted by molar-refractivity contribution is -0.129. The highest BCUT2D eigenvalue weighted by atomic mass is 32.1. The van der Waals surface area contributed by atoms with Gasteiger partial charge in [0.15, 0.2) is 11.5 Å². The second-order valence-corrected chi connectivity index (χ2v) is 5.51. The highest BCUT2D eigenvalue weighted by molar-refractivity contribution is 7.21. The van der Waals surface area contributed by atoms with Crippen LogP contribution in [0.4, 0.5) is 0 Å². The first-order valence-corrected chi connectivity index (χ1v) is 7.41. The zero-order valence-corrected chi connectivity index (χ0v) is 12.7. The number of aromatic nitrogens is 1. The molecule has 0 N–H and O–H groups in total. The normalized spacial score (nSPS) is 10.4. The number of ether oxygens (including phenoxy) is 2. The lowest BCUT2D eigenvalue weighted by atomic mass is 10.2. The van der Waals surface area contributed by atoms with Crippen LogP contribution in [0.15, 0.2) is 55.1 Å². The number of carbonyl (C=O) groups is 1. The number of fused-ring (bicyclic) bond motifs is 1. The van der Waals surface area contributed by atoms with Crippen molar-refractivity contribution in [3.63, 3.8) is 0 Å². The topological polar surface area (TPSA) is 48.4 Å². The van der Waals surface area contributed by atoms with E-state index in [1.54, 1.807) is 17.4 Å². The molecule has 0 radical (unpaired) electrons. The van der Waals surface area contributed by atoms with E-state index in [1.165, 1.54) is 7.11 Å². The molecule has 4 nitrogen and oxygen atoms in total. The van der Waals surface area contributed by atoms with Crippen LogP contribution in [0, 0.1) is 0 Å². The molecule has 0 unspecified atom stereocenters. The number of hydrogen-bond donors (Lipinski definition) is 0. The average molecular weight is 311 g/mol. The third kappa shape index (κ3) is 2.71. The largest absolute Gasteiger partial charge is 0.493 e. The van der Waals surface area contributed by atoms with E-state index >= 15 is 0 Å². The minimum absolute atomic E-state index is 0.359. The highest BCUT2D eigenvalue weighted by Gasteiger charge is 2.12. The van der Waals surface area contributed by atoms with E-state index in [4.69, 9.17) is 9.47 Å². The summed E-state index contributed by atoms with van der Waals surface area (Å²) in [4.78, 5) is 15.9. The fraction of sp³-hybridized carbons (Fsp3) is 0.0588. The zero-order valence-electron chi connectivity index (χ0n) is 11.9. The Morgan fingerprint density at radius 1 is 1.23 bits per heavy atom. The standard InChI is InChI=1S/C17H13NO3S/c1-3-16(19)21-13-9-8-11(10-14(13)20-2)17-18-12-6-4-5-7-15(12)22-17/h3-10H,1H2,2H3. The lowest BCUT2D eigenvalue weighted by Gasteiger charge is -2.08. The second-order valence-electron chi connectivity index (χ2n) is 4.48. The molecule has 0 bridgehead atoms. The molecule has 3 rings (SSSR count). The van der Waals surface area contributed by atoms with Gasteiger partial charge >= 0.3 is 5.97 Å². The molecular weight excluding hydrogens is 298 g/mol. The van der Waals surface area contributed by atoms with Gasteiger partial charge in [0.2, 0.25) is 0 Å². The number of rotatable bonds is 4. The van der Waals surface area contributed by atoms with E-state index in [-0.39, 0.29) is 0 Å². The van der Waals surface area contributed by atoms with Crippen LogP contribution in [0.1, 0.15) is 0 Å². The summed E-state index contributed by atoms with van der Waals surface area (Å²) in [6.45, 7) is 3.38. The summed E-state index contributed by atoms with van der Waals surface area (Å²) < 4.78 is 11.6. The summed E-state index contributed by atoms with van der Waals surface area (Å²) in [5, 5.41) is 0.890. The Bertz CT molecular complexity index is 821. The molecule has 0 spiro atoms. The summed E-state index contributed by atoms with van der Waals surface area (Å²) in [5.74, 6) is 0.315. The van der Waals surface area contributed by atoms with E-state index in [2.05, 4.69) is 11.6 Å². The third-order valence-electron chi connectivity index (χ3n) is 3.08. The van der Waals surface area contributed by atoms with E-state index in [1.807, 2.05) is 36.4 Å². The van der Waals surface area contributed by atoms with Crippen LogP contribution in [0.5, 0.6) is 11.5 Å². The van der Waals surface area contributed by atoms with Gasteiger partial charge in [-0.2, -0.15) is 0 Å². The minimum Gasteiger partial charge on any atom is -0.493 e. The molecule has 1 aromatic heterocycles. The molecule has 0 saturated heterocycles. The van der Waals surface area contributed by atoms with Crippen molar-refractivity contribution in [3.05, 3.63) is 55.1 Å².